The molecule has 214 valence electrons. The van der Waals surface area contributed by atoms with Crippen LogP contribution in [0.25, 0.3) is 54.9 Å². The summed E-state index contributed by atoms with van der Waals surface area (Å²) in [6.07, 6.45) is 0. The Labute approximate surface area is 273 Å². The second-order valence-corrected chi connectivity index (χ2v) is 13.4. The maximum Gasteiger partial charge on any atom is 0.0719 e. The SMILES string of the molecule is c1ccc(C2(c3cccc4ccccc34)c3ccccc3-c3c(-c4ccc5c6c(cccc46)-c4ccccc4S5)cccc32)cc1. The molecule has 1 heterocycles. The minimum Gasteiger partial charge on any atom is -0.0888 e. The summed E-state index contributed by atoms with van der Waals surface area (Å²) in [6, 6.07) is 63.3. The molecular weight excluding hydrogens is 573 g/mol. The van der Waals surface area contributed by atoms with Gasteiger partial charge >= 0.3 is 0 Å². The molecule has 0 aromatic heterocycles. The van der Waals surface area contributed by atoms with Gasteiger partial charge in [0.25, 0.3) is 0 Å². The van der Waals surface area contributed by atoms with Crippen LogP contribution in [0.3, 0.4) is 0 Å². The van der Waals surface area contributed by atoms with Crippen LogP contribution in [0.4, 0.5) is 0 Å². The van der Waals surface area contributed by atoms with Crippen LogP contribution in [0.5, 0.6) is 0 Å². The Bertz CT molecular complexity index is 2500. The lowest BCUT2D eigenvalue weighted by Gasteiger charge is -2.35. The Hall–Kier alpha value is -5.37. The zero-order chi connectivity index (χ0) is 30.2. The lowest BCUT2D eigenvalue weighted by atomic mass is 9.66. The molecule has 10 rings (SSSR count). The van der Waals surface area contributed by atoms with Crippen molar-refractivity contribution in [3.8, 4) is 33.4 Å². The Morgan fingerprint density at radius 3 is 1.91 bits per heavy atom. The third-order valence-corrected chi connectivity index (χ3v) is 11.3. The van der Waals surface area contributed by atoms with Gasteiger partial charge in [0.05, 0.1) is 5.41 Å². The predicted octanol–water partition coefficient (Wildman–Crippen LogP) is 12.2. The van der Waals surface area contributed by atoms with E-state index in [-0.39, 0.29) is 0 Å². The largest absolute Gasteiger partial charge is 0.0888 e. The summed E-state index contributed by atoms with van der Waals surface area (Å²) in [5.41, 5.74) is 12.7. The fourth-order valence-corrected chi connectivity index (χ4v) is 9.49. The van der Waals surface area contributed by atoms with Gasteiger partial charge in [0, 0.05) is 15.2 Å². The van der Waals surface area contributed by atoms with Gasteiger partial charge in [-0.3, -0.25) is 0 Å². The first kappa shape index (κ1) is 25.9. The molecule has 1 atom stereocenters. The van der Waals surface area contributed by atoms with E-state index < -0.39 is 5.41 Å². The van der Waals surface area contributed by atoms with E-state index in [1.54, 1.807) is 0 Å². The maximum atomic E-state index is 2.38. The highest BCUT2D eigenvalue weighted by Crippen LogP contribution is 2.60. The molecule has 0 amide bonds. The first-order chi connectivity index (χ1) is 22.8. The van der Waals surface area contributed by atoms with E-state index in [2.05, 4.69) is 170 Å². The fraction of sp³-hybridized carbons (Fsp3) is 0.0222. The molecule has 0 saturated carbocycles. The summed E-state index contributed by atoms with van der Waals surface area (Å²) in [4.78, 5) is 2.66. The molecule has 2 aliphatic rings. The van der Waals surface area contributed by atoms with Crippen LogP contribution in [0, 0.1) is 0 Å². The molecule has 1 aliphatic carbocycles. The van der Waals surface area contributed by atoms with E-state index in [4.69, 9.17) is 0 Å². The zero-order valence-electron chi connectivity index (χ0n) is 25.1. The molecule has 0 spiro atoms. The van der Waals surface area contributed by atoms with Gasteiger partial charge in [-0.1, -0.05) is 169 Å². The van der Waals surface area contributed by atoms with Crippen molar-refractivity contribution in [1.29, 1.82) is 0 Å². The Morgan fingerprint density at radius 2 is 0.978 bits per heavy atom. The molecule has 1 unspecified atom stereocenters. The van der Waals surface area contributed by atoms with Gasteiger partial charge in [0.2, 0.25) is 0 Å². The molecule has 8 aromatic rings. The highest BCUT2D eigenvalue weighted by atomic mass is 32.2. The van der Waals surface area contributed by atoms with Crippen molar-refractivity contribution in [2.45, 2.75) is 15.2 Å². The number of benzene rings is 8. The van der Waals surface area contributed by atoms with Crippen LogP contribution in [-0.4, -0.2) is 0 Å². The fourth-order valence-electron chi connectivity index (χ4n) is 8.37. The molecule has 1 aliphatic heterocycles. The summed E-state index contributed by atoms with van der Waals surface area (Å²) in [7, 11) is 0. The van der Waals surface area contributed by atoms with Gasteiger partial charge in [-0.25, -0.2) is 0 Å². The molecule has 0 fully saturated rings. The van der Waals surface area contributed by atoms with Crippen LogP contribution in [0.15, 0.2) is 180 Å². The molecule has 0 bridgehead atoms. The van der Waals surface area contributed by atoms with Crippen LogP contribution in [0.1, 0.15) is 22.3 Å². The highest BCUT2D eigenvalue weighted by molar-refractivity contribution is 7.99. The summed E-state index contributed by atoms with van der Waals surface area (Å²) in [5.74, 6) is 0. The van der Waals surface area contributed by atoms with E-state index in [0.717, 1.165) is 0 Å². The van der Waals surface area contributed by atoms with Crippen LogP contribution >= 0.6 is 11.8 Å². The highest BCUT2D eigenvalue weighted by Gasteiger charge is 2.47. The van der Waals surface area contributed by atoms with Gasteiger partial charge in [0.15, 0.2) is 0 Å². The van der Waals surface area contributed by atoms with Crippen molar-refractivity contribution in [1.82, 2.24) is 0 Å². The normalized spacial score (nSPS) is 15.8. The topological polar surface area (TPSA) is 0 Å². The number of hydrogen-bond donors (Lipinski definition) is 0. The van der Waals surface area contributed by atoms with E-state index in [1.165, 1.54) is 87.0 Å². The van der Waals surface area contributed by atoms with E-state index in [9.17, 15) is 0 Å². The Morgan fingerprint density at radius 1 is 0.348 bits per heavy atom. The minimum atomic E-state index is -0.467. The molecule has 0 nitrogen and oxygen atoms in total. The molecule has 46 heavy (non-hydrogen) atoms. The van der Waals surface area contributed by atoms with Crippen LogP contribution in [0.2, 0.25) is 0 Å². The van der Waals surface area contributed by atoms with E-state index in [0.29, 0.717) is 0 Å². The van der Waals surface area contributed by atoms with Gasteiger partial charge in [0.1, 0.15) is 0 Å². The molecule has 0 N–H and O–H groups in total. The van der Waals surface area contributed by atoms with Gasteiger partial charge in [-0.2, -0.15) is 0 Å². The molecular formula is C45H28S. The number of hydrogen-bond acceptors (Lipinski definition) is 1. The summed E-state index contributed by atoms with van der Waals surface area (Å²) >= 11 is 1.89. The van der Waals surface area contributed by atoms with Crippen molar-refractivity contribution >= 4 is 33.3 Å². The van der Waals surface area contributed by atoms with Crippen molar-refractivity contribution in [2.24, 2.45) is 0 Å². The first-order valence-electron chi connectivity index (χ1n) is 15.9. The van der Waals surface area contributed by atoms with Gasteiger partial charge in [-0.15, -0.1) is 0 Å². The third kappa shape index (κ3) is 3.41. The van der Waals surface area contributed by atoms with Crippen molar-refractivity contribution in [3.63, 3.8) is 0 Å². The minimum absolute atomic E-state index is 0.467. The van der Waals surface area contributed by atoms with Gasteiger partial charge < -0.3 is 0 Å². The second-order valence-electron chi connectivity index (χ2n) is 12.4. The van der Waals surface area contributed by atoms with Crippen molar-refractivity contribution in [3.05, 3.63) is 192 Å². The van der Waals surface area contributed by atoms with Crippen LogP contribution < -0.4 is 0 Å². The predicted molar refractivity (Wildman–Crippen MR) is 194 cm³/mol. The summed E-state index contributed by atoms with van der Waals surface area (Å²) in [5, 5.41) is 5.22. The summed E-state index contributed by atoms with van der Waals surface area (Å²) in [6.45, 7) is 0. The average Bonchev–Trinajstić information content (AvgIpc) is 3.43. The molecule has 8 aromatic carbocycles. The van der Waals surface area contributed by atoms with Crippen molar-refractivity contribution < 1.29 is 0 Å². The first-order valence-corrected chi connectivity index (χ1v) is 16.8. The molecule has 1 heteroatoms. The smallest absolute Gasteiger partial charge is 0.0719 e. The Kier molecular flexibility index (Phi) is 5.53. The van der Waals surface area contributed by atoms with E-state index in [1.807, 2.05) is 11.8 Å². The second kappa shape index (κ2) is 9.81. The Balaban J connectivity index is 1.33. The zero-order valence-corrected chi connectivity index (χ0v) is 25.9. The number of fused-ring (bicyclic) bond motifs is 6. The quantitative estimate of drug-likeness (QED) is 0.194. The monoisotopic (exact) mass is 600 g/mol. The average molecular weight is 601 g/mol. The molecule has 0 saturated heterocycles. The van der Waals surface area contributed by atoms with Gasteiger partial charge in [-0.05, 0) is 83.9 Å². The lowest BCUT2D eigenvalue weighted by Crippen LogP contribution is -2.28. The summed E-state index contributed by atoms with van der Waals surface area (Å²) < 4.78 is 0. The standard InChI is InChI=1S/C45H28S/c1-2-15-30(16-3-1)45(38-24-10-14-29-13-4-5-17-31(29)38)39-23-8-6-19-37(39)43-34(22-12-25-40(43)45)32-27-28-42-44-35(32)20-11-21-36(44)33-18-7-9-26-41(33)46-42/h1-28H. The maximum absolute atomic E-state index is 2.38. The van der Waals surface area contributed by atoms with E-state index >= 15 is 0 Å². The molecule has 0 radical (unpaired) electrons. The number of rotatable bonds is 3. The van der Waals surface area contributed by atoms with Crippen molar-refractivity contribution in [2.75, 3.05) is 0 Å². The lowest BCUT2D eigenvalue weighted by molar-refractivity contribution is 0.776. The van der Waals surface area contributed by atoms with Crippen LogP contribution in [-0.2, 0) is 5.41 Å². The third-order valence-electron chi connectivity index (χ3n) is 10.2.